The normalized spacial score (nSPS) is 18.5. The van der Waals surface area contributed by atoms with Crippen LogP contribution in [0.3, 0.4) is 0 Å². The molecule has 0 amide bonds. The second kappa shape index (κ2) is 6.53. The van der Waals surface area contributed by atoms with Gasteiger partial charge in [-0.3, -0.25) is 9.48 Å². The number of nitrogens with zero attached hydrogens (tertiary/aromatic N) is 2. The zero-order valence-electron chi connectivity index (χ0n) is 11.6. The molecule has 0 aromatic carbocycles. The van der Waals surface area contributed by atoms with Gasteiger partial charge in [-0.2, -0.15) is 5.10 Å². The fourth-order valence-electron chi connectivity index (χ4n) is 2.86. The quantitative estimate of drug-likeness (QED) is 0.780. The summed E-state index contributed by atoms with van der Waals surface area (Å²) in [6.45, 7) is 2.47. The van der Waals surface area contributed by atoms with Crippen LogP contribution in [0.25, 0.3) is 0 Å². The lowest BCUT2D eigenvalue weighted by atomic mass is 9.83. The van der Waals surface area contributed by atoms with Crippen LogP contribution in [0.2, 0.25) is 5.02 Å². The molecule has 1 fully saturated rings. The predicted molar refractivity (Wildman–Crippen MR) is 74.5 cm³/mol. The van der Waals surface area contributed by atoms with Crippen molar-refractivity contribution in [2.75, 3.05) is 6.61 Å². The second-order valence-electron chi connectivity index (χ2n) is 5.10. The Morgan fingerprint density at radius 1 is 1.53 bits per heavy atom. The number of aryl methyl sites for hydroxylation is 1. The van der Waals surface area contributed by atoms with Crippen molar-refractivity contribution in [3.8, 4) is 0 Å². The molecule has 0 aliphatic heterocycles. The number of Topliss-reactive ketones (excluding diaryl/α,β-unsaturated/α-hetero) is 1. The van der Waals surface area contributed by atoms with Crippen molar-refractivity contribution >= 4 is 17.4 Å². The molecule has 1 heterocycles. The minimum atomic E-state index is -0.377. The summed E-state index contributed by atoms with van der Waals surface area (Å²) in [6.07, 6.45) is 6.88. The van der Waals surface area contributed by atoms with E-state index in [0.717, 1.165) is 12.8 Å². The van der Waals surface area contributed by atoms with Crippen LogP contribution in [0.4, 0.5) is 0 Å². The van der Waals surface area contributed by atoms with E-state index in [1.54, 1.807) is 11.7 Å². The van der Waals surface area contributed by atoms with Crippen LogP contribution in [0.5, 0.6) is 0 Å². The Balaban J connectivity index is 2.20. The molecule has 2 rings (SSSR count). The van der Waals surface area contributed by atoms with Crippen molar-refractivity contribution in [3.63, 3.8) is 0 Å². The molecule has 1 atom stereocenters. The van der Waals surface area contributed by atoms with Crippen molar-refractivity contribution in [2.45, 2.75) is 45.1 Å². The first kappa shape index (κ1) is 14.5. The van der Waals surface area contributed by atoms with E-state index in [2.05, 4.69) is 5.10 Å². The smallest absolute Gasteiger partial charge is 0.211 e. The molecule has 1 unspecified atom stereocenters. The van der Waals surface area contributed by atoms with Crippen LogP contribution in [0.1, 0.15) is 49.5 Å². The fraction of sp³-hybridized carbons (Fsp3) is 0.714. The first-order valence-corrected chi connectivity index (χ1v) is 7.36. The molecule has 1 aromatic heterocycles. The molecular formula is C14H21ClN2O2. The second-order valence-corrected chi connectivity index (χ2v) is 5.51. The minimum Gasteiger partial charge on any atom is -0.370 e. The minimum absolute atomic E-state index is 0.0289. The topological polar surface area (TPSA) is 44.1 Å². The van der Waals surface area contributed by atoms with Crippen molar-refractivity contribution < 1.29 is 9.53 Å². The average molecular weight is 285 g/mol. The van der Waals surface area contributed by atoms with E-state index < -0.39 is 0 Å². The number of halogens is 1. The van der Waals surface area contributed by atoms with Crippen LogP contribution in [0.15, 0.2) is 6.20 Å². The molecule has 1 aliphatic rings. The lowest BCUT2D eigenvalue weighted by Crippen LogP contribution is -2.35. The third kappa shape index (κ3) is 3.18. The number of carbonyl (C=O) groups excluding carboxylic acids is 1. The highest BCUT2D eigenvalue weighted by atomic mass is 35.5. The first-order chi connectivity index (χ1) is 9.15. The Hall–Kier alpha value is -0.870. The highest BCUT2D eigenvalue weighted by Gasteiger charge is 2.33. The zero-order chi connectivity index (χ0) is 13.8. The number of carbonyl (C=O) groups is 1. The average Bonchev–Trinajstić information content (AvgIpc) is 2.76. The summed E-state index contributed by atoms with van der Waals surface area (Å²) in [5, 5.41) is 4.44. The van der Waals surface area contributed by atoms with Crippen LogP contribution in [-0.2, 0) is 11.8 Å². The summed E-state index contributed by atoms with van der Waals surface area (Å²) < 4.78 is 7.27. The third-order valence-electron chi connectivity index (χ3n) is 3.81. The Bertz CT molecular complexity index is 419. The highest BCUT2D eigenvalue weighted by molar-refractivity contribution is 6.33. The number of hydrogen-bond donors (Lipinski definition) is 0. The van der Waals surface area contributed by atoms with E-state index in [4.69, 9.17) is 16.3 Å². The Labute approximate surface area is 119 Å². The molecular weight excluding hydrogens is 264 g/mol. The van der Waals surface area contributed by atoms with Crippen LogP contribution in [-0.4, -0.2) is 28.3 Å². The van der Waals surface area contributed by atoms with Gasteiger partial charge in [0, 0.05) is 13.7 Å². The summed E-state index contributed by atoms with van der Waals surface area (Å²) in [7, 11) is 1.74. The Kier molecular flexibility index (Phi) is 4.99. The van der Waals surface area contributed by atoms with E-state index in [0.29, 0.717) is 23.2 Å². The van der Waals surface area contributed by atoms with E-state index in [1.807, 2.05) is 6.92 Å². The van der Waals surface area contributed by atoms with E-state index >= 15 is 0 Å². The molecule has 4 nitrogen and oxygen atoms in total. The maximum Gasteiger partial charge on any atom is 0.211 e. The number of rotatable bonds is 5. The van der Waals surface area contributed by atoms with Crippen molar-refractivity contribution in [1.29, 1.82) is 0 Å². The molecule has 0 radical (unpaired) electrons. The molecule has 19 heavy (non-hydrogen) atoms. The van der Waals surface area contributed by atoms with Gasteiger partial charge in [0.15, 0.2) is 0 Å². The van der Waals surface area contributed by atoms with Crippen molar-refractivity contribution in [2.24, 2.45) is 13.0 Å². The van der Waals surface area contributed by atoms with Crippen molar-refractivity contribution in [3.05, 3.63) is 16.9 Å². The lowest BCUT2D eigenvalue weighted by molar-refractivity contribution is 0.0120. The monoisotopic (exact) mass is 284 g/mol. The van der Waals surface area contributed by atoms with Gasteiger partial charge >= 0.3 is 0 Å². The van der Waals surface area contributed by atoms with Gasteiger partial charge in [-0.25, -0.2) is 0 Å². The number of aromatic nitrogens is 2. The van der Waals surface area contributed by atoms with Gasteiger partial charge in [0.1, 0.15) is 11.8 Å². The molecule has 1 aliphatic carbocycles. The summed E-state index contributed by atoms with van der Waals surface area (Å²) in [5.74, 6) is 0.283. The molecule has 1 aromatic rings. The Morgan fingerprint density at radius 2 is 2.21 bits per heavy atom. The van der Waals surface area contributed by atoms with Crippen molar-refractivity contribution in [1.82, 2.24) is 9.78 Å². The summed E-state index contributed by atoms with van der Waals surface area (Å²) in [6, 6.07) is 0. The molecule has 0 saturated heterocycles. The maximum atomic E-state index is 12.7. The first-order valence-electron chi connectivity index (χ1n) is 6.98. The summed E-state index contributed by atoms with van der Waals surface area (Å²) in [5.41, 5.74) is 0.464. The number of ketones is 1. The molecule has 0 spiro atoms. The summed E-state index contributed by atoms with van der Waals surface area (Å²) in [4.78, 5) is 12.7. The van der Waals surface area contributed by atoms with Gasteiger partial charge in [0.2, 0.25) is 5.78 Å². The van der Waals surface area contributed by atoms with E-state index in [-0.39, 0.29) is 11.9 Å². The number of ether oxygens (including phenoxy) is 1. The molecule has 5 heteroatoms. The SMILES string of the molecule is CCOC(C(=O)c1c(Cl)cnn1C)C1CCCCC1. The van der Waals surface area contributed by atoms with E-state index in [9.17, 15) is 4.79 Å². The molecule has 0 N–H and O–H groups in total. The number of hydrogen-bond acceptors (Lipinski definition) is 3. The van der Waals surface area contributed by atoms with Gasteiger partial charge in [-0.1, -0.05) is 30.9 Å². The third-order valence-corrected chi connectivity index (χ3v) is 4.09. The van der Waals surface area contributed by atoms with Gasteiger partial charge in [0.25, 0.3) is 0 Å². The van der Waals surface area contributed by atoms with Gasteiger partial charge in [-0.15, -0.1) is 0 Å². The van der Waals surface area contributed by atoms with Crippen LogP contribution >= 0.6 is 11.6 Å². The molecule has 1 saturated carbocycles. The van der Waals surface area contributed by atoms with Crippen LogP contribution in [0, 0.1) is 5.92 Å². The maximum absolute atomic E-state index is 12.7. The lowest BCUT2D eigenvalue weighted by Gasteiger charge is -2.29. The molecule has 0 bridgehead atoms. The summed E-state index contributed by atoms with van der Waals surface area (Å²) >= 11 is 6.06. The molecule has 106 valence electrons. The van der Waals surface area contributed by atoms with E-state index in [1.165, 1.54) is 25.5 Å². The van der Waals surface area contributed by atoms with Gasteiger partial charge in [-0.05, 0) is 25.7 Å². The predicted octanol–water partition coefficient (Wildman–Crippen LogP) is 3.24. The Morgan fingerprint density at radius 3 is 2.74 bits per heavy atom. The van der Waals surface area contributed by atoms with Gasteiger partial charge < -0.3 is 4.74 Å². The highest BCUT2D eigenvalue weighted by Crippen LogP contribution is 2.30. The van der Waals surface area contributed by atoms with Gasteiger partial charge in [0.05, 0.1) is 11.2 Å². The standard InChI is InChI=1S/C14H21ClN2O2/c1-3-19-14(10-7-5-4-6-8-10)13(18)12-11(15)9-16-17(12)2/h9-10,14H,3-8H2,1-2H3. The van der Waals surface area contributed by atoms with Crippen LogP contribution < -0.4 is 0 Å². The zero-order valence-corrected chi connectivity index (χ0v) is 12.3. The largest absolute Gasteiger partial charge is 0.370 e. The fourth-order valence-corrected chi connectivity index (χ4v) is 3.12.